The molecule has 0 fully saturated rings. The molecule has 0 saturated carbocycles. The van der Waals surface area contributed by atoms with E-state index in [1.165, 1.54) is 24.5 Å². The van der Waals surface area contributed by atoms with Crippen molar-refractivity contribution in [2.24, 2.45) is 0 Å². The summed E-state index contributed by atoms with van der Waals surface area (Å²) in [5.74, 6) is 0.0768. The summed E-state index contributed by atoms with van der Waals surface area (Å²) in [6.07, 6.45) is 2.96. The molecule has 5 N–H and O–H groups in total. The zero-order chi connectivity index (χ0) is 12.3. The maximum atomic E-state index is 11.7. The molecule has 2 rings (SSSR count). The molecule has 0 unspecified atom stereocenters. The lowest BCUT2D eigenvalue weighted by Crippen LogP contribution is -2.24. The van der Waals surface area contributed by atoms with Crippen LogP contribution in [-0.4, -0.2) is 21.1 Å². The van der Waals surface area contributed by atoms with E-state index in [1.54, 1.807) is 0 Å². The summed E-state index contributed by atoms with van der Waals surface area (Å²) in [6, 6.07) is 2.75. The SMILES string of the molecule is Nc1[nH]ncc1CNC(=O)c1cc[nH]c(=O)c1. The lowest BCUT2D eigenvalue weighted by atomic mass is 10.2. The largest absolute Gasteiger partial charge is 0.384 e. The van der Waals surface area contributed by atoms with Crippen molar-refractivity contribution in [3.05, 3.63) is 46.0 Å². The molecule has 0 bridgehead atoms. The fourth-order valence-corrected chi connectivity index (χ4v) is 1.33. The highest BCUT2D eigenvalue weighted by atomic mass is 16.2. The lowest BCUT2D eigenvalue weighted by molar-refractivity contribution is 0.0951. The van der Waals surface area contributed by atoms with Crippen molar-refractivity contribution in [2.75, 3.05) is 5.73 Å². The van der Waals surface area contributed by atoms with E-state index in [2.05, 4.69) is 20.5 Å². The third kappa shape index (κ3) is 2.51. The zero-order valence-corrected chi connectivity index (χ0v) is 8.86. The van der Waals surface area contributed by atoms with Crippen LogP contribution in [-0.2, 0) is 6.54 Å². The minimum atomic E-state index is -0.336. The normalized spacial score (nSPS) is 10.1. The number of H-pyrrole nitrogens is 2. The first-order valence-electron chi connectivity index (χ1n) is 4.91. The van der Waals surface area contributed by atoms with E-state index in [9.17, 15) is 9.59 Å². The van der Waals surface area contributed by atoms with Crippen molar-refractivity contribution in [1.82, 2.24) is 20.5 Å². The predicted octanol–water partition coefficient (Wildman–Crippen LogP) is -0.390. The first kappa shape index (κ1) is 10.9. The molecule has 2 heterocycles. The molecule has 0 aliphatic rings. The van der Waals surface area contributed by atoms with E-state index in [-0.39, 0.29) is 18.0 Å². The van der Waals surface area contributed by atoms with Crippen LogP contribution in [0.4, 0.5) is 5.82 Å². The smallest absolute Gasteiger partial charge is 0.251 e. The minimum absolute atomic E-state index is 0.258. The molecule has 0 saturated heterocycles. The molecule has 2 aromatic heterocycles. The number of hydrogen-bond acceptors (Lipinski definition) is 4. The molecule has 0 atom stereocenters. The van der Waals surface area contributed by atoms with Crippen LogP contribution in [0.25, 0.3) is 0 Å². The maximum absolute atomic E-state index is 11.7. The number of nitrogens with one attached hydrogen (secondary N) is 3. The Labute approximate surface area is 96.0 Å². The number of hydrogen-bond donors (Lipinski definition) is 4. The number of aromatic amines is 2. The number of rotatable bonds is 3. The third-order valence-electron chi connectivity index (χ3n) is 2.23. The van der Waals surface area contributed by atoms with Gasteiger partial charge in [0, 0.05) is 29.9 Å². The van der Waals surface area contributed by atoms with Crippen LogP contribution in [0.1, 0.15) is 15.9 Å². The van der Waals surface area contributed by atoms with Gasteiger partial charge in [0.15, 0.2) is 0 Å². The molecule has 2 aromatic rings. The summed E-state index contributed by atoms with van der Waals surface area (Å²) in [7, 11) is 0. The summed E-state index contributed by atoms with van der Waals surface area (Å²) in [5.41, 5.74) is 6.25. The van der Waals surface area contributed by atoms with E-state index in [0.717, 1.165) is 0 Å². The van der Waals surface area contributed by atoms with Crippen LogP contribution in [0, 0.1) is 0 Å². The van der Waals surface area contributed by atoms with Gasteiger partial charge in [0.1, 0.15) is 5.82 Å². The van der Waals surface area contributed by atoms with E-state index in [4.69, 9.17) is 5.73 Å². The second-order valence-electron chi connectivity index (χ2n) is 3.43. The molecule has 7 nitrogen and oxygen atoms in total. The average Bonchev–Trinajstić information content (AvgIpc) is 2.72. The molecule has 88 valence electrons. The Bertz CT molecular complexity index is 586. The Balaban J connectivity index is 2.03. The molecular formula is C10H11N5O2. The van der Waals surface area contributed by atoms with Crippen molar-refractivity contribution in [2.45, 2.75) is 6.54 Å². The zero-order valence-electron chi connectivity index (χ0n) is 8.86. The number of nitrogens with two attached hydrogens (primary N) is 1. The highest BCUT2D eigenvalue weighted by Crippen LogP contribution is 2.05. The summed E-state index contributed by atoms with van der Waals surface area (Å²) in [6.45, 7) is 0.258. The topological polar surface area (TPSA) is 117 Å². The maximum Gasteiger partial charge on any atom is 0.251 e. The number of carbonyl (C=O) groups excluding carboxylic acids is 1. The monoisotopic (exact) mass is 233 g/mol. The van der Waals surface area contributed by atoms with E-state index >= 15 is 0 Å². The minimum Gasteiger partial charge on any atom is -0.384 e. The molecule has 0 aliphatic carbocycles. The number of carbonyl (C=O) groups is 1. The molecular weight excluding hydrogens is 222 g/mol. The Morgan fingerprint density at radius 3 is 3.00 bits per heavy atom. The summed E-state index contributed by atoms with van der Waals surface area (Å²) in [4.78, 5) is 25.1. The quantitative estimate of drug-likeness (QED) is 0.577. The number of amides is 1. The highest BCUT2D eigenvalue weighted by molar-refractivity contribution is 5.93. The Morgan fingerprint density at radius 2 is 2.35 bits per heavy atom. The average molecular weight is 233 g/mol. The fraction of sp³-hybridized carbons (Fsp3) is 0.100. The number of nitrogen functional groups attached to an aromatic ring is 1. The molecule has 1 amide bonds. The second-order valence-corrected chi connectivity index (χ2v) is 3.43. The van der Waals surface area contributed by atoms with Gasteiger partial charge in [-0.15, -0.1) is 0 Å². The van der Waals surface area contributed by atoms with Crippen LogP contribution in [0.5, 0.6) is 0 Å². The molecule has 0 aliphatic heterocycles. The van der Waals surface area contributed by atoms with Gasteiger partial charge < -0.3 is 16.0 Å². The molecule has 0 spiro atoms. The van der Waals surface area contributed by atoms with Crippen molar-refractivity contribution < 1.29 is 4.79 Å². The lowest BCUT2D eigenvalue weighted by Gasteiger charge is -2.03. The Morgan fingerprint density at radius 1 is 1.53 bits per heavy atom. The van der Waals surface area contributed by atoms with Gasteiger partial charge in [-0.2, -0.15) is 5.10 Å². The Hall–Kier alpha value is -2.57. The molecule has 0 radical (unpaired) electrons. The van der Waals surface area contributed by atoms with Gasteiger partial charge in [0.2, 0.25) is 5.56 Å². The predicted molar refractivity (Wildman–Crippen MR) is 61.2 cm³/mol. The van der Waals surface area contributed by atoms with Gasteiger partial charge in [-0.3, -0.25) is 14.7 Å². The van der Waals surface area contributed by atoms with Crippen LogP contribution in [0.15, 0.2) is 29.3 Å². The van der Waals surface area contributed by atoms with Gasteiger partial charge in [-0.1, -0.05) is 0 Å². The first-order chi connectivity index (χ1) is 8.16. The number of aromatic nitrogens is 3. The number of pyridine rings is 1. The van der Waals surface area contributed by atoms with Crippen molar-refractivity contribution in [3.8, 4) is 0 Å². The van der Waals surface area contributed by atoms with Crippen LogP contribution >= 0.6 is 0 Å². The molecule has 7 heteroatoms. The summed E-state index contributed by atoms with van der Waals surface area (Å²) >= 11 is 0. The fourth-order valence-electron chi connectivity index (χ4n) is 1.33. The first-order valence-corrected chi connectivity index (χ1v) is 4.91. The number of anilines is 1. The van der Waals surface area contributed by atoms with Crippen LogP contribution in [0.2, 0.25) is 0 Å². The van der Waals surface area contributed by atoms with Crippen LogP contribution < -0.4 is 16.6 Å². The van der Waals surface area contributed by atoms with Crippen molar-refractivity contribution in [1.29, 1.82) is 0 Å². The van der Waals surface area contributed by atoms with E-state index in [0.29, 0.717) is 16.9 Å². The van der Waals surface area contributed by atoms with Crippen molar-refractivity contribution in [3.63, 3.8) is 0 Å². The van der Waals surface area contributed by atoms with Gasteiger partial charge in [-0.05, 0) is 6.07 Å². The summed E-state index contributed by atoms with van der Waals surface area (Å²) in [5, 5.41) is 8.93. The van der Waals surface area contributed by atoms with Gasteiger partial charge in [-0.25, -0.2) is 0 Å². The molecule has 17 heavy (non-hydrogen) atoms. The van der Waals surface area contributed by atoms with Gasteiger partial charge in [0.05, 0.1) is 6.20 Å². The Kier molecular flexibility index (Phi) is 2.91. The van der Waals surface area contributed by atoms with Crippen molar-refractivity contribution >= 4 is 11.7 Å². The third-order valence-corrected chi connectivity index (χ3v) is 2.23. The highest BCUT2D eigenvalue weighted by Gasteiger charge is 2.07. The van der Waals surface area contributed by atoms with Gasteiger partial charge >= 0.3 is 0 Å². The van der Waals surface area contributed by atoms with Crippen LogP contribution in [0.3, 0.4) is 0 Å². The van der Waals surface area contributed by atoms with E-state index < -0.39 is 0 Å². The summed E-state index contributed by atoms with van der Waals surface area (Å²) < 4.78 is 0. The number of nitrogens with zero attached hydrogens (tertiary/aromatic N) is 1. The molecule has 0 aromatic carbocycles. The van der Waals surface area contributed by atoms with Gasteiger partial charge in [0.25, 0.3) is 5.91 Å². The van der Waals surface area contributed by atoms with E-state index in [1.807, 2.05) is 0 Å². The standard InChI is InChI=1S/C10H11N5O2/c11-9-7(5-14-15-9)4-13-10(17)6-1-2-12-8(16)3-6/h1-3,5H,4H2,(H,12,16)(H,13,17)(H3,11,14,15). The second kappa shape index (κ2) is 4.52.